The van der Waals surface area contributed by atoms with Gasteiger partial charge in [-0.05, 0) is 50.5 Å². The zero-order valence-corrected chi connectivity index (χ0v) is 13.1. The van der Waals surface area contributed by atoms with E-state index >= 15 is 0 Å². The smallest absolute Gasteiger partial charge is 0.253 e. The fraction of sp³-hybridized carbons (Fsp3) is 0.588. The lowest BCUT2D eigenvalue weighted by Gasteiger charge is -2.35. The molecule has 1 aliphatic rings. The second kappa shape index (κ2) is 6.94. The third-order valence-electron chi connectivity index (χ3n) is 4.23. The van der Waals surface area contributed by atoms with Gasteiger partial charge in [0.15, 0.2) is 0 Å². The molecule has 4 nitrogen and oxygen atoms in total. The molecule has 0 radical (unpaired) electrons. The Labute approximate surface area is 126 Å². The Morgan fingerprint density at radius 1 is 1.38 bits per heavy atom. The first-order chi connectivity index (χ1) is 10.0. The quantitative estimate of drug-likeness (QED) is 0.928. The molecule has 0 aliphatic heterocycles. The van der Waals surface area contributed by atoms with E-state index in [1.807, 2.05) is 26.0 Å². The maximum absolute atomic E-state index is 12.6. The van der Waals surface area contributed by atoms with Crippen LogP contribution in [0.1, 0.15) is 48.5 Å². The number of likely N-dealkylation sites (N-methyl/N-ethyl adjacent to an activating group) is 1. The third kappa shape index (κ3) is 3.56. The van der Waals surface area contributed by atoms with E-state index in [4.69, 9.17) is 4.74 Å². The molecule has 2 unspecified atom stereocenters. The molecular weight excluding hydrogens is 266 g/mol. The molecule has 2 rings (SSSR count). The van der Waals surface area contributed by atoms with Crippen LogP contribution in [0, 0.1) is 6.92 Å². The molecular formula is C17H25NO3. The van der Waals surface area contributed by atoms with Crippen molar-refractivity contribution >= 4 is 5.91 Å². The number of carbonyl (C=O) groups is 1. The van der Waals surface area contributed by atoms with Crippen LogP contribution in [0.15, 0.2) is 18.2 Å². The summed E-state index contributed by atoms with van der Waals surface area (Å²) >= 11 is 0. The molecule has 1 saturated carbocycles. The van der Waals surface area contributed by atoms with Gasteiger partial charge in [0, 0.05) is 12.6 Å². The van der Waals surface area contributed by atoms with Gasteiger partial charge in [0.1, 0.15) is 5.75 Å². The van der Waals surface area contributed by atoms with Gasteiger partial charge in [0.2, 0.25) is 0 Å². The highest BCUT2D eigenvalue weighted by molar-refractivity contribution is 5.94. The van der Waals surface area contributed by atoms with Crippen molar-refractivity contribution in [3.63, 3.8) is 0 Å². The van der Waals surface area contributed by atoms with Gasteiger partial charge in [-0.25, -0.2) is 0 Å². The van der Waals surface area contributed by atoms with Gasteiger partial charge in [0.25, 0.3) is 5.91 Å². The Kier molecular flexibility index (Phi) is 5.23. The minimum Gasteiger partial charge on any atom is -0.494 e. The summed E-state index contributed by atoms with van der Waals surface area (Å²) in [7, 11) is 1.79. The molecule has 0 heterocycles. The van der Waals surface area contributed by atoms with Crippen molar-refractivity contribution in [1.29, 1.82) is 0 Å². The lowest BCUT2D eigenvalue weighted by molar-refractivity contribution is 0.0268. The summed E-state index contributed by atoms with van der Waals surface area (Å²) < 4.78 is 5.50. The summed E-state index contributed by atoms with van der Waals surface area (Å²) in [6.45, 7) is 4.50. The van der Waals surface area contributed by atoms with Crippen LogP contribution in [0.3, 0.4) is 0 Å². The van der Waals surface area contributed by atoms with Gasteiger partial charge in [0.05, 0.1) is 18.8 Å². The molecule has 4 heteroatoms. The average Bonchev–Trinajstić information content (AvgIpc) is 2.48. The van der Waals surface area contributed by atoms with Crippen LogP contribution in [0.2, 0.25) is 0 Å². The predicted molar refractivity (Wildman–Crippen MR) is 82.7 cm³/mol. The molecule has 0 aromatic heterocycles. The minimum atomic E-state index is -0.406. The number of aliphatic hydroxyl groups excluding tert-OH is 1. The normalized spacial score (nSPS) is 21.9. The zero-order valence-electron chi connectivity index (χ0n) is 13.1. The van der Waals surface area contributed by atoms with Crippen LogP contribution >= 0.6 is 0 Å². The maximum Gasteiger partial charge on any atom is 0.253 e. The van der Waals surface area contributed by atoms with Crippen molar-refractivity contribution in [3.05, 3.63) is 29.3 Å². The van der Waals surface area contributed by atoms with Crippen molar-refractivity contribution in [2.45, 2.75) is 51.7 Å². The first kappa shape index (κ1) is 15.8. The molecule has 21 heavy (non-hydrogen) atoms. The monoisotopic (exact) mass is 291 g/mol. The van der Waals surface area contributed by atoms with E-state index in [1.165, 1.54) is 0 Å². The number of hydrogen-bond acceptors (Lipinski definition) is 3. The van der Waals surface area contributed by atoms with E-state index in [0.717, 1.165) is 37.0 Å². The Balaban J connectivity index is 2.13. The van der Waals surface area contributed by atoms with Crippen molar-refractivity contribution in [1.82, 2.24) is 4.90 Å². The first-order valence-corrected chi connectivity index (χ1v) is 7.73. The molecule has 1 aromatic rings. The van der Waals surface area contributed by atoms with E-state index in [1.54, 1.807) is 18.0 Å². The van der Waals surface area contributed by atoms with Crippen LogP contribution in [-0.2, 0) is 0 Å². The van der Waals surface area contributed by atoms with Crippen LogP contribution < -0.4 is 4.74 Å². The molecule has 1 amide bonds. The first-order valence-electron chi connectivity index (χ1n) is 7.73. The van der Waals surface area contributed by atoms with Gasteiger partial charge in [-0.2, -0.15) is 0 Å². The number of rotatable bonds is 4. The number of hydrogen-bond donors (Lipinski definition) is 1. The van der Waals surface area contributed by atoms with Crippen molar-refractivity contribution in [2.75, 3.05) is 13.7 Å². The minimum absolute atomic E-state index is 0.0351. The van der Waals surface area contributed by atoms with Crippen molar-refractivity contribution in [3.8, 4) is 5.75 Å². The van der Waals surface area contributed by atoms with Crippen LogP contribution in [0.5, 0.6) is 5.75 Å². The number of aryl methyl sites for hydroxylation is 1. The summed E-state index contributed by atoms with van der Waals surface area (Å²) in [5, 5.41) is 10.1. The standard InChI is InChI=1S/C17H25NO3/c1-4-21-16-10-9-13(11-12(16)2)17(20)18(3)14-7-5-6-8-15(14)19/h9-11,14-15,19H,4-8H2,1-3H3. The topological polar surface area (TPSA) is 49.8 Å². The number of aliphatic hydroxyl groups is 1. The number of carbonyl (C=O) groups excluding carboxylic acids is 1. The van der Waals surface area contributed by atoms with Gasteiger partial charge in [-0.1, -0.05) is 12.8 Å². The van der Waals surface area contributed by atoms with Gasteiger partial charge in [-0.3, -0.25) is 4.79 Å². The van der Waals surface area contributed by atoms with Crippen LogP contribution in [0.4, 0.5) is 0 Å². The zero-order chi connectivity index (χ0) is 15.4. The molecule has 116 valence electrons. The SMILES string of the molecule is CCOc1ccc(C(=O)N(C)C2CCCCC2O)cc1C. The molecule has 1 N–H and O–H groups in total. The summed E-state index contributed by atoms with van der Waals surface area (Å²) in [5.74, 6) is 0.779. The Morgan fingerprint density at radius 3 is 2.71 bits per heavy atom. The fourth-order valence-electron chi connectivity index (χ4n) is 3.00. The predicted octanol–water partition coefficient (Wildman–Crippen LogP) is 2.77. The van der Waals surface area contributed by atoms with Crippen molar-refractivity contribution < 1.29 is 14.6 Å². The molecule has 1 fully saturated rings. The maximum atomic E-state index is 12.6. The number of nitrogens with zero attached hydrogens (tertiary/aromatic N) is 1. The molecule has 0 spiro atoms. The van der Waals surface area contributed by atoms with E-state index in [-0.39, 0.29) is 11.9 Å². The average molecular weight is 291 g/mol. The summed E-state index contributed by atoms with van der Waals surface area (Å²) in [6.07, 6.45) is 3.37. The summed E-state index contributed by atoms with van der Waals surface area (Å²) in [4.78, 5) is 14.3. The van der Waals surface area contributed by atoms with Gasteiger partial charge in [-0.15, -0.1) is 0 Å². The Morgan fingerprint density at radius 2 is 2.10 bits per heavy atom. The van der Waals surface area contributed by atoms with Crippen LogP contribution in [0.25, 0.3) is 0 Å². The molecule has 1 aliphatic carbocycles. The van der Waals surface area contributed by atoms with Gasteiger partial charge < -0.3 is 14.7 Å². The fourth-order valence-corrected chi connectivity index (χ4v) is 3.00. The third-order valence-corrected chi connectivity index (χ3v) is 4.23. The van der Waals surface area contributed by atoms with E-state index < -0.39 is 6.10 Å². The van der Waals surface area contributed by atoms with E-state index in [2.05, 4.69) is 0 Å². The lowest BCUT2D eigenvalue weighted by atomic mass is 9.91. The Bertz CT molecular complexity index is 501. The number of benzene rings is 1. The lowest BCUT2D eigenvalue weighted by Crippen LogP contribution is -2.46. The highest BCUT2D eigenvalue weighted by atomic mass is 16.5. The second-order valence-electron chi connectivity index (χ2n) is 5.75. The molecule has 2 atom stereocenters. The number of amides is 1. The molecule has 1 aromatic carbocycles. The van der Waals surface area contributed by atoms with Crippen LogP contribution in [-0.4, -0.2) is 41.7 Å². The molecule has 0 saturated heterocycles. The van der Waals surface area contributed by atoms with E-state index in [9.17, 15) is 9.90 Å². The highest BCUT2D eigenvalue weighted by Gasteiger charge is 2.29. The van der Waals surface area contributed by atoms with Gasteiger partial charge >= 0.3 is 0 Å². The molecule has 0 bridgehead atoms. The van der Waals surface area contributed by atoms with Crippen molar-refractivity contribution in [2.24, 2.45) is 0 Å². The number of ether oxygens (including phenoxy) is 1. The summed E-state index contributed by atoms with van der Waals surface area (Å²) in [6, 6.07) is 5.43. The second-order valence-corrected chi connectivity index (χ2v) is 5.75. The summed E-state index contributed by atoms with van der Waals surface area (Å²) in [5.41, 5.74) is 1.61. The largest absolute Gasteiger partial charge is 0.494 e. The van der Waals surface area contributed by atoms with E-state index in [0.29, 0.717) is 12.2 Å². The highest BCUT2D eigenvalue weighted by Crippen LogP contribution is 2.25. The Hall–Kier alpha value is -1.55.